The molecule has 0 radical (unpaired) electrons. The van der Waals surface area contributed by atoms with Crippen LogP contribution in [0.3, 0.4) is 0 Å². The number of nitrogens with zero attached hydrogens (tertiary/aromatic N) is 2. The van der Waals surface area contributed by atoms with Gasteiger partial charge in [-0.05, 0) is 12.0 Å². The molecule has 82 valence electrons. The van der Waals surface area contributed by atoms with E-state index in [1.165, 1.54) is 0 Å². The topological polar surface area (TPSA) is 68.9 Å². The van der Waals surface area contributed by atoms with Crippen LogP contribution in [0.2, 0.25) is 0 Å². The molecule has 1 aromatic carbocycles. The van der Waals surface area contributed by atoms with Crippen molar-refractivity contribution in [2.24, 2.45) is 5.73 Å². The minimum Gasteiger partial charge on any atom is -0.363 e. The van der Waals surface area contributed by atoms with Gasteiger partial charge in [0.25, 0.3) is 5.91 Å². The number of amides is 1. The lowest BCUT2D eigenvalue weighted by Crippen LogP contribution is -2.16. The number of aromatic nitrogens is 2. The Morgan fingerprint density at radius 1 is 1.25 bits per heavy atom. The summed E-state index contributed by atoms with van der Waals surface area (Å²) in [7, 11) is 0. The highest BCUT2D eigenvalue weighted by atomic mass is 16.1. The lowest BCUT2D eigenvalue weighted by Gasteiger charge is -2.09. The van der Waals surface area contributed by atoms with Crippen LogP contribution < -0.4 is 5.73 Å². The van der Waals surface area contributed by atoms with Crippen LogP contribution in [-0.2, 0) is 0 Å². The smallest absolute Gasteiger partial charge is 0.286 e. The van der Waals surface area contributed by atoms with Crippen LogP contribution >= 0.6 is 0 Å². The zero-order valence-electron chi connectivity index (χ0n) is 9.27. The van der Waals surface area contributed by atoms with Gasteiger partial charge in [0, 0.05) is 5.39 Å². The van der Waals surface area contributed by atoms with Crippen LogP contribution in [-0.4, -0.2) is 15.9 Å². The molecule has 4 nitrogen and oxygen atoms in total. The fourth-order valence-electron chi connectivity index (χ4n) is 1.65. The Bertz CT molecular complexity index is 549. The normalized spacial score (nSPS) is 10.9. The standard InChI is InChI=1S/C12H13N3O/c1-7(2)10-8-5-3-4-6-9(8)14-12(15-10)11(13)16/h3-7H,1-2H3,(H2,13,16). The largest absolute Gasteiger partial charge is 0.363 e. The van der Waals surface area contributed by atoms with Crippen molar-refractivity contribution in [3.05, 3.63) is 35.8 Å². The SMILES string of the molecule is CC(C)c1nc(C(N)=O)nc2ccccc12. The number of primary amides is 1. The van der Waals surface area contributed by atoms with Crippen LogP contribution in [0, 0.1) is 0 Å². The third-order valence-corrected chi connectivity index (χ3v) is 2.40. The van der Waals surface area contributed by atoms with Crippen molar-refractivity contribution in [1.82, 2.24) is 9.97 Å². The maximum Gasteiger partial charge on any atom is 0.286 e. The van der Waals surface area contributed by atoms with Gasteiger partial charge in [0.05, 0.1) is 11.2 Å². The fourth-order valence-corrected chi connectivity index (χ4v) is 1.65. The molecule has 0 fully saturated rings. The van der Waals surface area contributed by atoms with Gasteiger partial charge in [-0.25, -0.2) is 9.97 Å². The number of benzene rings is 1. The number of carbonyl (C=O) groups is 1. The first-order valence-electron chi connectivity index (χ1n) is 5.16. The second-order valence-corrected chi connectivity index (χ2v) is 3.97. The minimum atomic E-state index is -0.590. The predicted octanol–water partition coefficient (Wildman–Crippen LogP) is 1.85. The first kappa shape index (κ1) is 10.5. The summed E-state index contributed by atoms with van der Waals surface area (Å²) in [5.74, 6) is -0.277. The minimum absolute atomic E-state index is 0.0856. The molecule has 2 rings (SSSR count). The van der Waals surface area contributed by atoms with Gasteiger partial charge < -0.3 is 5.73 Å². The molecule has 1 heterocycles. The number of carbonyl (C=O) groups excluding carboxylic acids is 1. The van der Waals surface area contributed by atoms with Crippen molar-refractivity contribution in [3.8, 4) is 0 Å². The molecule has 0 spiro atoms. The van der Waals surface area contributed by atoms with Crippen molar-refractivity contribution in [2.45, 2.75) is 19.8 Å². The predicted molar refractivity (Wildman–Crippen MR) is 62.1 cm³/mol. The van der Waals surface area contributed by atoms with Crippen LogP contribution in [0.4, 0.5) is 0 Å². The number of fused-ring (bicyclic) bond motifs is 1. The molecular weight excluding hydrogens is 202 g/mol. The third kappa shape index (κ3) is 1.74. The molecule has 0 aliphatic rings. The number of rotatable bonds is 2. The summed E-state index contributed by atoms with van der Waals surface area (Å²) in [6.07, 6.45) is 0. The van der Waals surface area contributed by atoms with Gasteiger partial charge in [-0.2, -0.15) is 0 Å². The second kappa shape index (κ2) is 3.89. The Hall–Kier alpha value is -1.97. The number of para-hydroxylation sites is 1. The van der Waals surface area contributed by atoms with E-state index in [9.17, 15) is 4.79 Å². The molecule has 16 heavy (non-hydrogen) atoms. The fraction of sp³-hybridized carbons (Fsp3) is 0.250. The van der Waals surface area contributed by atoms with E-state index in [-0.39, 0.29) is 11.7 Å². The Balaban J connectivity index is 2.78. The van der Waals surface area contributed by atoms with E-state index in [4.69, 9.17) is 5.73 Å². The zero-order chi connectivity index (χ0) is 11.7. The Morgan fingerprint density at radius 2 is 1.94 bits per heavy atom. The molecular formula is C12H13N3O. The molecule has 0 atom stereocenters. The Morgan fingerprint density at radius 3 is 2.56 bits per heavy atom. The molecule has 0 aliphatic carbocycles. The highest BCUT2D eigenvalue weighted by molar-refractivity contribution is 5.92. The molecule has 0 saturated carbocycles. The Labute approximate surface area is 93.5 Å². The summed E-state index contributed by atoms with van der Waals surface area (Å²) in [5, 5.41) is 0.975. The van der Waals surface area contributed by atoms with Gasteiger partial charge in [-0.3, -0.25) is 4.79 Å². The van der Waals surface area contributed by atoms with Crippen molar-refractivity contribution in [1.29, 1.82) is 0 Å². The average molecular weight is 215 g/mol. The van der Waals surface area contributed by atoms with E-state index in [2.05, 4.69) is 9.97 Å². The van der Waals surface area contributed by atoms with Crippen molar-refractivity contribution >= 4 is 16.8 Å². The second-order valence-electron chi connectivity index (χ2n) is 3.97. The third-order valence-electron chi connectivity index (χ3n) is 2.40. The highest BCUT2D eigenvalue weighted by Gasteiger charge is 2.12. The highest BCUT2D eigenvalue weighted by Crippen LogP contribution is 2.22. The summed E-state index contributed by atoms with van der Waals surface area (Å²) < 4.78 is 0. The van der Waals surface area contributed by atoms with E-state index in [0.717, 1.165) is 16.6 Å². The van der Waals surface area contributed by atoms with Crippen LogP contribution in [0.5, 0.6) is 0 Å². The molecule has 1 amide bonds. The maximum atomic E-state index is 11.1. The van der Waals surface area contributed by atoms with Gasteiger partial charge in [0.15, 0.2) is 0 Å². The van der Waals surface area contributed by atoms with Crippen LogP contribution in [0.25, 0.3) is 10.9 Å². The average Bonchev–Trinajstić information content (AvgIpc) is 2.27. The molecule has 0 unspecified atom stereocenters. The zero-order valence-corrected chi connectivity index (χ0v) is 9.27. The first-order valence-corrected chi connectivity index (χ1v) is 5.16. The first-order chi connectivity index (χ1) is 7.59. The van der Waals surface area contributed by atoms with Gasteiger partial charge in [0.1, 0.15) is 0 Å². The van der Waals surface area contributed by atoms with E-state index in [1.807, 2.05) is 38.1 Å². The molecule has 1 aromatic heterocycles. The van der Waals surface area contributed by atoms with Crippen molar-refractivity contribution in [3.63, 3.8) is 0 Å². The van der Waals surface area contributed by atoms with Gasteiger partial charge in [-0.15, -0.1) is 0 Å². The van der Waals surface area contributed by atoms with Crippen LogP contribution in [0.15, 0.2) is 24.3 Å². The Kier molecular flexibility index (Phi) is 2.56. The van der Waals surface area contributed by atoms with Crippen molar-refractivity contribution < 1.29 is 4.79 Å². The quantitative estimate of drug-likeness (QED) is 0.831. The molecule has 0 bridgehead atoms. The van der Waals surface area contributed by atoms with Gasteiger partial charge >= 0.3 is 0 Å². The van der Waals surface area contributed by atoms with Crippen LogP contribution in [0.1, 0.15) is 36.1 Å². The van der Waals surface area contributed by atoms with E-state index < -0.39 is 5.91 Å². The number of hydrogen-bond acceptors (Lipinski definition) is 3. The number of hydrogen-bond donors (Lipinski definition) is 1. The summed E-state index contributed by atoms with van der Waals surface area (Å²) in [5.41, 5.74) is 6.83. The molecule has 0 saturated heterocycles. The number of nitrogens with two attached hydrogens (primary N) is 1. The molecule has 4 heteroatoms. The van der Waals surface area contributed by atoms with Gasteiger partial charge in [0.2, 0.25) is 5.82 Å². The lowest BCUT2D eigenvalue weighted by atomic mass is 10.0. The maximum absolute atomic E-state index is 11.1. The lowest BCUT2D eigenvalue weighted by molar-refractivity contribution is 0.0990. The van der Waals surface area contributed by atoms with Gasteiger partial charge in [-0.1, -0.05) is 32.0 Å². The molecule has 0 aliphatic heterocycles. The summed E-state index contributed by atoms with van der Waals surface area (Å²) in [4.78, 5) is 19.5. The molecule has 2 aromatic rings. The summed E-state index contributed by atoms with van der Waals surface area (Å²) in [6, 6.07) is 7.62. The van der Waals surface area contributed by atoms with E-state index in [1.54, 1.807) is 0 Å². The van der Waals surface area contributed by atoms with E-state index >= 15 is 0 Å². The molecule has 2 N–H and O–H groups in total. The van der Waals surface area contributed by atoms with E-state index in [0.29, 0.717) is 0 Å². The monoisotopic (exact) mass is 215 g/mol. The van der Waals surface area contributed by atoms with Crippen molar-refractivity contribution in [2.75, 3.05) is 0 Å². The summed E-state index contributed by atoms with van der Waals surface area (Å²) >= 11 is 0. The summed E-state index contributed by atoms with van der Waals surface area (Å²) in [6.45, 7) is 4.05.